The van der Waals surface area contributed by atoms with E-state index in [-0.39, 0.29) is 0 Å². The molecule has 0 heterocycles. The van der Waals surface area contributed by atoms with Gasteiger partial charge >= 0.3 is 6.18 Å². The lowest BCUT2D eigenvalue weighted by molar-refractivity contribution is -0.137. The van der Waals surface area contributed by atoms with Crippen LogP contribution in [0.3, 0.4) is 0 Å². The predicted octanol–water partition coefficient (Wildman–Crippen LogP) is 3.91. The number of nitrogens with two attached hydrogens (primary N) is 1. The summed E-state index contributed by atoms with van der Waals surface area (Å²) in [7, 11) is 1.55. The Kier molecular flexibility index (Phi) is 4.26. The molecule has 0 radical (unpaired) electrons. The highest BCUT2D eigenvalue weighted by molar-refractivity contribution is 5.68. The molecule has 0 spiro atoms. The van der Waals surface area contributed by atoms with E-state index >= 15 is 0 Å². The first-order chi connectivity index (χ1) is 9.90. The molecule has 0 aliphatic heterocycles. The van der Waals surface area contributed by atoms with Gasteiger partial charge in [0, 0.05) is 12.6 Å². The summed E-state index contributed by atoms with van der Waals surface area (Å²) in [4.78, 5) is 0. The number of hydrogen-bond acceptors (Lipinski definition) is 3. The van der Waals surface area contributed by atoms with Crippen LogP contribution in [0.15, 0.2) is 42.5 Å². The zero-order valence-corrected chi connectivity index (χ0v) is 11.4. The fourth-order valence-electron chi connectivity index (χ4n) is 1.84. The van der Waals surface area contributed by atoms with E-state index in [1.165, 1.54) is 12.1 Å². The van der Waals surface area contributed by atoms with E-state index in [2.05, 4.69) is 5.32 Å². The van der Waals surface area contributed by atoms with Gasteiger partial charge < -0.3 is 15.8 Å². The number of benzene rings is 2. The Morgan fingerprint density at radius 3 is 2.29 bits per heavy atom. The molecule has 3 N–H and O–H groups in total. The molecule has 21 heavy (non-hydrogen) atoms. The molecule has 0 fully saturated rings. The van der Waals surface area contributed by atoms with Crippen molar-refractivity contribution in [2.45, 2.75) is 12.7 Å². The van der Waals surface area contributed by atoms with Crippen molar-refractivity contribution >= 4 is 11.4 Å². The van der Waals surface area contributed by atoms with Crippen molar-refractivity contribution in [1.82, 2.24) is 0 Å². The van der Waals surface area contributed by atoms with Crippen molar-refractivity contribution < 1.29 is 17.9 Å². The van der Waals surface area contributed by atoms with Crippen molar-refractivity contribution in [3.05, 3.63) is 53.6 Å². The van der Waals surface area contributed by atoms with Gasteiger partial charge in [0.1, 0.15) is 5.75 Å². The average molecular weight is 296 g/mol. The van der Waals surface area contributed by atoms with Crippen LogP contribution in [0.1, 0.15) is 11.1 Å². The summed E-state index contributed by atoms with van der Waals surface area (Å²) in [6.45, 7) is 0.384. The van der Waals surface area contributed by atoms with E-state index < -0.39 is 11.7 Å². The molecule has 0 aliphatic rings. The smallest absolute Gasteiger partial charge is 0.416 e. The molecule has 0 aliphatic carbocycles. The van der Waals surface area contributed by atoms with E-state index in [4.69, 9.17) is 10.5 Å². The second-order valence-corrected chi connectivity index (χ2v) is 4.50. The van der Waals surface area contributed by atoms with Crippen LogP contribution >= 0.6 is 0 Å². The summed E-state index contributed by atoms with van der Waals surface area (Å²) in [5.74, 6) is 0.646. The van der Waals surface area contributed by atoms with Gasteiger partial charge in [-0.05, 0) is 29.8 Å². The van der Waals surface area contributed by atoms with E-state index in [1.807, 2.05) is 0 Å². The van der Waals surface area contributed by atoms with Crippen LogP contribution in [0.4, 0.5) is 24.5 Å². The molecule has 2 rings (SSSR count). The molecule has 112 valence electrons. The third-order valence-corrected chi connectivity index (χ3v) is 3.02. The van der Waals surface area contributed by atoms with Gasteiger partial charge in [-0.15, -0.1) is 0 Å². The summed E-state index contributed by atoms with van der Waals surface area (Å²) >= 11 is 0. The number of ether oxygens (including phenoxy) is 1. The van der Waals surface area contributed by atoms with E-state index in [0.29, 0.717) is 23.7 Å². The first-order valence-electron chi connectivity index (χ1n) is 6.23. The fourth-order valence-corrected chi connectivity index (χ4v) is 1.84. The number of nitrogens with one attached hydrogen (secondary N) is 1. The predicted molar refractivity (Wildman–Crippen MR) is 76.2 cm³/mol. The standard InChI is InChI=1S/C15H15F3N2O/c1-21-12-6-7-14(13(19)8-12)20-9-10-2-4-11(5-3-10)15(16,17)18/h2-8,20H,9,19H2,1H3. The third kappa shape index (κ3) is 3.81. The number of rotatable bonds is 4. The van der Waals surface area contributed by atoms with Gasteiger partial charge in [0.2, 0.25) is 0 Å². The van der Waals surface area contributed by atoms with Crippen molar-refractivity contribution in [3.63, 3.8) is 0 Å². The van der Waals surface area contributed by atoms with Gasteiger partial charge in [-0.1, -0.05) is 12.1 Å². The first-order valence-corrected chi connectivity index (χ1v) is 6.23. The number of alkyl halides is 3. The molecule has 0 bridgehead atoms. The highest BCUT2D eigenvalue weighted by atomic mass is 19.4. The summed E-state index contributed by atoms with van der Waals surface area (Å²) in [5, 5.41) is 3.08. The zero-order chi connectivity index (χ0) is 15.5. The highest BCUT2D eigenvalue weighted by Crippen LogP contribution is 2.29. The highest BCUT2D eigenvalue weighted by Gasteiger charge is 2.29. The van der Waals surface area contributed by atoms with Gasteiger partial charge in [-0.25, -0.2) is 0 Å². The Labute approximate surface area is 120 Å². The minimum Gasteiger partial charge on any atom is -0.497 e. The summed E-state index contributed by atoms with van der Waals surface area (Å²) in [5.41, 5.74) is 7.15. The van der Waals surface area contributed by atoms with Gasteiger partial charge in [-0.2, -0.15) is 13.2 Å². The lowest BCUT2D eigenvalue weighted by atomic mass is 10.1. The Morgan fingerprint density at radius 1 is 1.10 bits per heavy atom. The molecule has 0 amide bonds. The van der Waals surface area contributed by atoms with Crippen LogP contribution in [-0.2, 0) is 12.7 Å². The fraction of sp³-hybridized carbons (Fsp3) is 0.200. The van der Waals surface area contributed by atoms with Crippen LogP contribution < -0.4 is 15.8 Å². The quantitative estimate of drug-likeness (QED) is 0.841. The van der Waals surface area contributed by atoms with Crippen LogP contribution in [-0.4, -0.2) is 7.11 Å². The Hall–Kier alpha value is -2.37. The number of halogens is 3. The van der Waals surface area contributed by atoms with E-state index in [9.17, 15) is 13.2 Å². The minimum atomic E-state index is -4.31. The maximum absolute atomic E-state index is 12.5. The summed E-state index contributed by atoms with van der Waals surface area (Å²) < 4.78 is 42.4. The lowest BCUT2D eigenvalue weighted by Crippen LogP contribution is -2.06. The molecule has 0 saturated carbocycles. The summed E-state index contributed by atoms with van der Waals surface area (Å²) in [6.07, 6.45) is -4.31. The molecule has 2 aromatic rings. The largest absolute Gasteiger partial charge is 0.497 e. The average Bonchev–Trinajstić information content (AvgIpc) is 2.45. The topological polar surface area (TPSA) is 47.3 Å². The SMILES string of the molecule is COc1ccc(NCc2ccc(C(F)(F)F)cc2)c(N)c1. The van der Waals surface area contributed by atoms with E-state index in [0.717, 1.165) is 17.7 Å². The van der Waals surface area contributed by atoms with Gasteiger partial charge in [0.05, 0.1) is 24.0 Å². The number of hydrogen-bond donors (Lipinski definition) is 2. The van der Waals surface area contributed by atoms with Crippen molar-refractivity contribution in [3.8, 4) is 5.75 Å². The Bertz CT molecular complexity index is 609. The molecular weight excluding hydrogens is 281 g/mol. The normalized spacial score (nSPS) is 11.2. The molecule has 0 aromatic heterocycles. The monoisotopic (exact) mass is 296 g/mol. The number of anilines is 2. The number of methoxy groups -OCH3 is 1. The molecule has 3 nitrogen and oxygen atoms in total. The maximum atomic E-state index is 12.5. The van der Waals surface area contributed by atoms with E-state index in [1.54, 1.807) is 25.3 Å². The molecular formula is C15H15F3N2O. The van der Waals surface area contributed by atoms with Crippen LogP contribution in [0.5, 0.6) is 5.75 Å². The van der Waals surface area contributed by atoms with Crippen LogP contribution in [0, 0.1) is 0 Å². The second-order valence-electron chi connectivity index (χ2n) is 4.50. The van der Waals surface area contributed by atoms with Crippen molar-refractivity contribution in [1.29, 1.82) is 0 Å². The summed E-state index contributed by atoms with van der Waals surface area (Å²) in [6, 6.07) is 10.2. The van der Waals surface area contributed by atoms with Gasteiger partial charge in [-0.3, -0.25) is 0 Å². The molecule has 2 aromatic carbocycles. The zero-order valence-electron chi connectivity index (χ0n) is 11.4. The number of nitrogen functional groups attached to an aromatic ring is 1. The first kappa shape index (κ1) is 15.0. The molecule has 0 saturated heterocycles. The van der Waals surface area contributed by atoms with Crippen LogP contribution in [0.25, 0.3) is 0 Å². The molecule has 0 atom stereocenters. The van der Waals surface area contributed by atoms with Crippen molar-refractivity contribution in [2.75, 3.05) is 18.2 Å². The van der Waals surface area contributed by atoms with Gasteiger partial charge in [0.15, 0.2) is 0 Å². The molecule has 0 unspecified atom stereocenters. The minimum absolute atomic E-state index is 0.384. The Balaban J connectivity index is 2.03. The second kappa shape index (κ2) is 5.95. The van der Waals surface area contributed by atoms with Gasteiger partial charge in [0.25, 0.3) is 0 Å². The Morgan fingerprint density at radius 2 is 1.76 bits per heavy atom. The third-order valence-electron chi connectivity index (χ3n) is 3.02. The molecule has 6 heteroatoms. The van der Waals surface area contributed by atoms with Crippen molar-refractivity contribution in [2.24, 2.45) is 0 Å². The lowest BCUT2D eigenvalue weighted by Gasteiger charge is -2.11. The maximum Gasteiger partial charge on any atom is 0.416 e. The van der Waals surface area contributed by atoms with Crippen LogP contribution in [0.2, 0.25) is 0 Å².